The standard InChI is InChI=1S/C18H26O3/c1-4-13(2)17(19)21-16-11-9-15(10-12-16)18(3,20)14-7-5-6-8-14/h9-14,20H,4-8H2,1-3H3. The highest BCUT2D eigenvalue weighted by Gasteiger charge is 2.35. The molecule has 0 aliphatic heterocycles. The quantitative estimate of drug-likeness (QED) is 0.657. The molecule has 0 saturated heterocycles. The van der Waals surface area contributed by atoms with Gasteiger partial charge in [-0.05, 0) is 49.8 Å². The van der Waals surface area contributed by atoms with Crippen LogP contribution in [0.4, 0.5) is 0 Å². The molecule has 1 aromatic carbocycles. The number of benzene rings is 1. The average molecular weight is 290 g/mol. The zero-order chi connectivity index (χ0) is 15.5. The number of hydrogen-bond acceptors (Lipinski definition) is 3. The first-order valence-corrected chi connectivity index (χ1v) is 7.99. The second-order valence-electron chi connectivity index (χ2n) is 6.38. The van der Waals surface area contributed by atoms with Crippen LogP contribution in [0.25, 0.3) is 0 Å². The molecule has 0 heterocycles. The summed E-state index contributed by atoms with van der Waals surface area (Å²) < 4.78 is 5.34. The average Bonchev–Trinajstić information content (AvgIpc) is 3.02. The second kappa shape index (κ2) is 6.61. The van der Waals surface area contributed by atoms with Crippen LogP contribution >= 0.6 is 0 Å². The van der Waals surface area contributed by atoms with Gasteiger partial charge in [0.15, 0.2) is 0 Å². The van der Waals surface area contributed by atoms with E-state index >= 15 is 0 Å². The highest BCUT2D eigenvalue weighted by Crippen LogP contribution is 2.40. The summed E-state index contributed by atoms with van der Waals surface area (Å²) in [4.78, 5) is 11.8. The minimum absolute atomic E-state index is 0.0914. The smallest absolute Gasteiger partial charge is 0.314 e. The summed E-state index contributed by atoms with van der Waals surface area (Å²) in [5.74, 6) is 0.580. The molecule has 3 heteroatoms. The maximum Gasteiger partial charge on any atom is 0.314 e. The van der Waals surface area contributed by atoms with E-state index in [1.807, 2.05) is 32.9 Å². The van der Waals surface area contributed by atoms with Crippen molar-refractivity contribution < 1.29 is 14.6 Å². The van der Waals surface area contributed by atoms with Crippen molar-refractivity contribution in [1.82, 2.24) is 0 Å². The molecule has 2 rings (SSSR count). The first-order chi connectivity index (χ1) is 9.95. The third-order valence-corrected chi connectivity index (χ3v) is 4.82. The van der Waals surface area contributed by atoms with Crippen LogP contribution in [0.15, 0.2) is 24.3 Å². The molecule has 0 aromatic heterocycles. The molecule has 1 N–H and O–H groups in total. The third kappa shape index (κ3) is 3.65. The molecule has 3 nitrogen and oxygen atoms in total. The number of esters is 1. The lowest BCUT2D eigenvalue weighted by Gasteiger charge is -2.30. The van der Waals surface area contributed by atoms with Crippen molar-refractivity contribution in [3.63, 3.8) is 0 Å². The van der Waals surface area contributed by atoms with E-state index in [0.29, 0.717) is 11.7 Å². The lowest BCUT2D eigenvalue weighted by atomic mass is 9.82. The van der Waals surface area contributed by atoms with E-state index in [1.54, 1.807) is 12.1 Å². The van der Waals surface area contributed by atoms with E-state index in [1.165, 1.54) is 12.8 Å². The van der Waals surface area contributed by atoms with Crippen LogP contribution in [0.3, 0.4) is 0 Å². The van der Waals surface area contributed by atoms with Gasteiger partial charge in [0.25, 0.3) is 0 Å². The van der Waals surface area contributed by atoms with Crippen molar-refractivity contribution in [2.45, 2.75) is 58.5 Å². The van der Waals surface area contributed by atoms with Gasteiger partial charge in [0.1, 0.15) is 5.75 Å². The number of aliphatic hydroxyl groups is 1. The Morgan fingerprint density at radius 2 is 1.90 bits per heavy atom. The largest absolute Gasteiger partial charge is 0.426 e. The monoisotopic (exact) mass is 290 g/mol. The van der Waals surface area contributed by atoms with Crippen molar-refractivity contribution in [1.29, 1.82) is 0 Å². The van der Waals surface area contributed by atoms with E-state index < -0.39 is 5.60 Å². The Balaban J connectivity index is 2.06. The maximum absolute atomic E-state index is 11.8. The van der Waals surface area contributed by atoms with Gasteiger partial charge >= 0.3 is 5.97 Å². The normalized spacial score (nSPS) is 20.0. The van der Waals surface area contributed by atoms with E-state index in [-0.39, 0.29) is 11.9 Å². The van der Waals surface area contributed by atoms with Gasteiger partial charge in [-0.2, -0.15) is 0 Å². The van der Waals surface area contributed by atoms with Crippen LogP contribution in [0.2, 0.25) is 0 Å². The predicted molar refractivity (Wildman–Crippen MR) is 83.1 cm³/mol. The topological polar surface area (TPSA) is 46.5 Å². The molecule has 1 aliphatic carbocycles. The SMILES string of the molecule is CCC(C)C(=O)Oc1ccc(C(C)(O)C2CCCC2)cc1. The molecule has 2 atom stereocenters. The Morgan fingerprint density at radius 1 is 1.33 bits per heavy atom. The van der Waals surface area contributed by atoms with E-state index in [4.69, 9.17) is 4.74 Å². The van der Waals surface area contributed by atoms with Crippen molar-refractivity contribution in [3.05, 3.63) is 29.8 Å². The summed E-state index contributed by atoms with van der Waals surface area (Å²) in [6.07, 6.45) is 5.33. The van der Waals surface area contributed by atoms with Crippen LogP contribution in [0.1, 0.15) is 58.4 Å². The fourth-order valence-electron chi connectivity index (χ4n) is 2.97. The molecule has 21 heavy (non-hydrogen) atoms. The summed E-state index contributed by atoms with van der Waals surface area (Å²) in [6.45, 7) is 5.72. The lowest BCUT2D eigenvalue weighted by Crippen LogP contribution is -2.30. The van der Waals surface area contributed by atoms with Gasteiger partial charge in [-0.3, -0.25) is 4.79 Å². The van der Waals surface area contributed by atoms with E-state index in [2.05, 4.69) is 0 Å². The molecule has 1 fully saturated rings. The highest BCUT2D eigenvalue weighted by molar-refractivity contribution is 5.74. The van der Waals surface area contributed by atoms with Gasteiger partial charge in [0.2, 0.25) is 0 Å². The molecule has 1 saturated carbocycles. The summed E-state index contributed by atoms with van der Waals surface area (Å²) in [7, 11) is 0. The highest BCUT2D eigenvalue weighted by atomic mass is 16.5. The van der Waals surface area contributed by atoms with Crippen LogP contribution in [0.5, 0.6) is 5.75 Å². The molecule has 2 unspecified atom stereocenters. The van der Waals surface area contributed by atoms with Gasteiger partial charge in [-0.1, -0.05) is 38.8 Å². The molecule has 0 amide bonds. The van der Waals surface area contributed by atoms with Gasteiger partial charge in [0, 0.05) is 0 Å². The lowest BCUT2D eigenvalue weighted by molar-refractivity contribution is -0.138. The Hall–Kier alpha value is -1.35. The van der Waals surface area contributed by atoms with Gasteiger partial charge in [0.05, 0.1) is 11.5 Å². The van der Waals surface area contributed by atoms with E-state index in [9.17, 15) is 9.90 Å². The Kier molecular flexibility index (Phi) is 5.04. The zero-order valence-electron chi connectivity index (χ0n) is 13.3. The fourth-order valence-corrected chi connectivity index (χ4v) is 2.97. The van der Waals surface area contributed by atoms with Gasteiger partial charge in [-0.25, -0.2) is 0 Å². The number of carbonyl (C=O) groups excluding carboxylic acids is 1. The van der Waals surface area contributed by atoms with Crippen molar-refractivity contribution in [2.24, 2.45) is 11.8 Å². The Labute approximate surface area is 127 Å². The molecule has 0 spiro atoms. The molecule has 1 aromatic rings. The number of carbonyl (C=O) groups is 1. The van der Waals surface area contributed by atoms with Crippen LogP contribution in [0, 0.1) is 11.8 Å². The van der Waals surface area contributed by atoms with Crippen LogP contribution in [-0.4, -0.2) is 11.1 Å². The molecule has 0 radical (unpaired) electrons. The maximum atomic E-state index is 11.8. The number of ether oxygens (including phenoxy) is 1. The summed E-state index contributed by atoms with van der Waals surface area (Å²) in [5.41, 5.74) is 0.105. The molecular formula is C18H26O3. The van der Waals surface area contributed by atoms with Crippen molar-refractivity contribution >= 4 is 5.97 Å². The van der Waals surface area contributed by atoms with Crippen molar-refractivity contribution in [2.75, 3.05) is 0 Å². The molecular weight excluding hydrogens is 264 g/mol. The summed E-state index contributed by atoms with van der Waals surface area (Å²) in [6, 6.07) is 7.30. The summed E-state index contributed by atoms with van der Waals surface area (Å²) >= 11 is 0. The fraction of sp³-hybridized carbons (Fsp3) is 0.611. The first-order valence-electron chi connectivity index (χ1n) is 7.99. The minimum Gasteiger partial charge on any atom is -0.426 e. The van der Waals surface area contributed by atoms with Crippen LogP contribution < -0.4 is 4.74 Å². The first kappa shape index (κ1) is 16.0. The second-order valence-corrected chi connectivity index (χ2v) is 6.38. The van der Waals surface area contributed by atoms with E-state index in [0.717, 1.165) is 24.8 Å². The Bertz CT molecular complexity index is 470. The number of hydrogen-bond donors (Lipinski definition) is 1. The van der Waals surface area contributed by atoms with Crippen molar-refractivity contribution in [3.8, 4) is 5.75 Å². The summed E-state index contributed by atoms with van der Waals surface area (Å²) in [5, 5.41) is 10.8. The Morgan fingerprint density at radius 3 is 2.43 bits per heavy atom. The molecule has 0 bridgehead atoms. The van der Waals surface area contributed by atoms with Crippen LogP contribution in [-0.2, 0) is 10.4 Å². The predicted octanol–water partition coefficient (Wildman–Crippen LogP) is 4.04. The van der Waals surface area contributed by atoms with Gasteiger partial charge < -0.3 is 9.84 Å². The minimum atomic E-state index is -0.796. The molecule has 1 aliphatic rings. The zero-order valence-corrected chi connectivity index (χ0v) is 13.3. The van der Waals surface area contributed by atoms with Gasteiger partial charge in [-0.15, -0.1) is 0 Å². The third-order valence-electron chi connectivity index (χ3n) is 4.82. The molecule has 116 valence electrons. The number of rotatable bonds is 5.